The lowest BCUT2D eigenvalue weighted by atomic mass is 10.0. The molecule has 7 heteroatoms. The molecule has 1 unspecified atom stereocenters. The highest BCUT2D eigenvalue weighted by molar-refractivity contribution is 7.14. The summed E-state index contributed by atoms with van der Waals surface area (Å²) >= 11 is 1.34. The number of anilines is 1. The number of pyridine rings is 1. The molecular weight excluding hydrogens is 288 g/mol. The van der Waals surface area contributed by atoms with Crippen LogP contribution in [0.2, 0.25) is 0 Å². The molecule has 1 atom stereocenters. The fraction of sp³-hybridized carbons (Fsp3) is 0.357. The van der Waals surface area contributed by atoms with Crippen LogP contribution in [0.5, 0.6) is 0 Å². The van der Waals surface area contributed by atoms with Gasteiger partial charge in [-0.3, -0.25) is 10.3 Å². The van der Waals surface area contributed by atoms with Gasteiger partial charge < -0.3 is 10.4 Å². The molecule has 0 aliphatic rings. The second kappa shape index (κ2) is 6.64. The summed E-state index contributed by atoms with van der Waals surface area (Å²) < 4.78 is 0. The first-order chi connectivity index (χ1) is 10.1. The van der Waals surface area contributed by atoms with Gasteiger partial charge in [0.2, 0.25) is 0 Å². The van der Waals surface area contributed by atoms with E-state index in [2.05, 4.69) is 20.6 Å². The topological polar surface area (TPSA) is 87.1 Å². The third kappa shape index (κ3) is 3.99. The molecule has 2 amide bonds. The highest BCUT2D eigenvalue weighted by Gasteiger charge is 2.23. The largest absolute Gasteiger partial charge is 0.394 e. The molecule has 0 aliphatic heterocycles. The Morgan fingerprint density at radius 3 is 2.95 bits per heavy atom. The predicted octanol–water partition coefficient (Wildman–Crippen LogP) is 2.49. The molecule has 21 heavy (non-hydrogen) atoms. The lowest BCUT2D eigenvalue weighted by molar-refractivity contribution is 0.172. The van der Waals surface area contributed by atoms with Crippen LogP contribution in [0.3, 0.4) is 0 Å². The van der Waals surface area contributed by atoms with Crippen molar-refractivity contribution in [3.05, 3.63) is 29.9 Å². The number of nitrogens with one attached hydrogen (secondary N) is 2. The predicted molar refractivity (Wildman–Crippen MR) is 83.3 cm³/mol. The Morgan fingerprint density at radius 2 is 2.33 bits per heavy atom. The van der Waals surface area contributed by atoms with Crippen LogP contribution in [0.15, 0.2) is 29.9 Å². The molecule has 0 aromatic carbocycles. The Morgan fingerprint density at radius 1 is 1.52 bits per heavy atom. The van der Waals surface area contributed by atoms with Crippen LogP contribution in [0.1, 0.15) is 20.3 Å². The molecular formula is C14H18N4O2S. The normalized spacial score (nSPS) is 13.5. The van der Waals surface area contributed by atoms with E-state index in [1.165, 1.54) is 11.3 Å². The van der Waals surface area contributed by atoms with Gasteiger partial charge >= 0.3 is 6.03 Å². The Labute approximate surface area is 127 Å². The number of thiazole rings is 1. The molecule has 0 spiro atoms. The highest BCUT2D eigenvalue weighted by atomic mass is 32.1. The number of hydrogen-bond donors (Lipinski definition) is 3. The monoisotopic (exact) mass is 306 g/mol. The number of carbonyl (C=O) groups is 1. The van der Waals surface area contributed by atoms with Crippen LogP contribution in [0, 0.1) is 0 Å². The van der Waals surface area contributed by atoms with Gasteiger partial charge in [-0.05, 0) is 25.5 Å². The van der Waals surface area contributed by atoms with Gasteiger partial charge in [-0.2, -0.15) is 0 Å². The number of nitrogens with zero attached hydrogens (tertiary/aromatic N) is 2. The molecule has 112 valence electrons. The van der Waals surface area contributed by atoms with Crippen LogP contribution < -0.4 is 10.6 Å². The van der Waals surface area contributed by atoms with E-state index in [4.69, 9.17) is 0 Å². The summed E-state index contributed by atoms with van der Waals surface area (Å²) in [5, 5.41) is 17.1. The second-order valence-electron chi connectivity index (χ2n) is 4.93. The van der Waals surface area contributed by atoms with Crippen molar-refractivity contribution in [3.8, 4) is 11.3 Å². The van der Waals surface area contributed by atoms with Gasteiger partial charge in [0.1, 0.15) is 0 Å². The molecule has 2 aromatic rings. The molecule has 2 heterocycles. The van der Waals surface area contributed by atoms with Crippen LogP contribution in [0.25, 0.3) is 11.3 Å². The van der Waals surface area contributed by atoms with E-state index in [9.17, 15) is 9.90 Å². The quantitative estimate of drug-likeness (QED) is 0.792. The van der Waals surface area contributed by atoms with E-state index in [1.54, 1.807) is 19.3 Å². The average molecular weight is 306 g/mol. The van der Waals surface area contributed by atoms with Crippen LogP contribution in [-0.4, -0.2) is 33.3 Å². The van der Waals surface area contributed by atoms with E-state index in [0.29, 0.717) is 11.6 Å². The lowest BCUT2D eigenvalue weighted by Gasteiger charge is -2.26. The van der Waals surface area contributed by atoms with Gasteiger partial charge in [0.25, 0.3) is 0 Å². The van der Waals surface area contributed by atoms with E-state index in [-0.39, 0.29) is 12.6 Å². The molecule has 0 saturated heterocycles. The van der Waals surface area contributed by atoms with Gasteiger partial charge in [-0.25, -0.2) is 9.78 Å². The molecule has 0 bridgehead atoms. The molecule has 0 radical (unpaired) electrons. The number of aliphatic hydroxyl groups is 1. The maximum atomic E-state index is 11.9. The first-order valence-corrected chi connectivity index (χ1v) is 7.50. The van der Waals surface area contributed by atoms with E-state index >= 15 is 0 Å². The maximum absolute atomic E-state index is 11.9. The first-order valence-electron chi connectivity index (χ1n) is 6.62. The average Bonchev–Trinajstić information content (AvgIpc) is 2.96. The van der Waals surface area contributed by atoms with E-state index < -0.39 is 5.54 Å². The highest BCUT2D eigenvalue weighted by Crippen LogP contribution is 2.24. The van der Waals surface area contributed by atoms with Crippen molar-refractivity contribution in [2.45, 2.75) is 25.8 Å². The summed E-state index contributed by atoms with van der Waals surface area (Å²) in [6.07, 6.45) is 4.05. The van der Waals surface area contributed by atoms with E-state index in [0.717, 1.165) is 11.3 Å². The van der Waals surface area contributed by atoms with Gasteiger partial charge in [0, 0.05) is 23.3 Å². The number of amides is 2. The van der Waals surface area contributed by atoms with Crippen LogP contribution >= 0.6 is 11.3 Å². The number of carbonyl (C=O) groups excluding carboxylic acids is 1. The molecule has 0 fully saturated rings. The third-order valence-corrected chi connectivity index (χ3v) is 3.98. The molecule has 0 aliphatic carbocycles. The van der Waals surface area contributed by atoms with Crippen molar-refractivity contribution in [2.24, 2.45) is 0 Å². The molecule has 3 N–H and O–H groups in total. The van der Waals surface area contributed by atoms with Crippen LogP contribution in [0.4, 0.5) is 9.93 Å². The van der Waals surface area contributed by atoms with Gasteiger partial charge in [-0.1, -0.05) is 6.92 Å². The minimum Gasteiger partial charge on any atom is -0.394 e. The fourth-order valence-corrected chi connectivity index (χ4v) is 2.33. The zero-order chi connectivity index (χ0) is 15.3. The third-order valence-electron chi connectivity index (χ3n) is 3.23. The lowest BCUT2D eigenvalue weighted by Crippen LogP contribution is -2.50. The van der Waals surface area contributed by atoms with Crippen molar-refractivity contribution in [2.75, 3.05) is 11.9 Å². The summed E-state index contributed by atoms with van der Waals surface area (Å²) in [6.45, 7) is 3.58. The zero-order valence-electron chi connectivity index (χ0n) is 12.0. The van der Waals surface area contributed by atoms with Gasteiger partial charge in [0.05, 0.1) is 17.8 Å². The summed E-state index contributed by atoms with van der Waals surface area (Å²) in [5.41, 5.74) is 1.04. The van der Waals surface area contributed by atoms with Crippen molar-refractivity contribution in [1.29, 1.82) is 0 Å². The smallest absolute Gasteiger partial charge is 0.321 e. The Bertz CT molecular complexity index is 596. The molecule has 0 saturated carbocycles. The number of aliphatic hydroxyl groups excluding tert-OH is 1. The number of aromatic nitrogens is 2. The standard InChI is InChI=1S/C14H18N4O2S/c1-3-14(2,9-19)18-12(20)17-13-16-11(8-21-13)10-5-4-6-15-7-10/h4-8,19H,3,9H2,1-2H3,(H2,16,17,18,20). The number of hydrogen-bond acceptors (Lipinski definition) is 5. The molecule has 2 rings (SSSR count). The summed E-state index contributed by atoms with van der Waals surface area (Å²) in [6, 6.07) is 3.37. The van der Waals surface area contributed by atoms with Gasteiger partial charge in [0.15, 0.2) is 5.13 Å². The van der Waals surface area contributed by atoms with Crippen molar-refractivity contribution in [3.63, 3.8) is 0 Å². The number of rotatable bonds is 5. The molecule has 2 aromatic heterocycles. The zero-order valence-corrected chi connectivity index (χ0v) is 12.8. The molecule has 6 nitrogen and oxygen atoms in total. The van der Waals surface area contributed by atoms with E-state index in [1.807, 2.05) is 24.4 Å². The Kier molecular flexibility index (Phi) is 4.87. The minimum atomic E-state index is -0.631. The fourth-order valence-electron chi connectivity index (χ4n) is 1.62. The first kappa shape index (κ1) is 15.4. The summed E-state index contributed by atoms with van der Waals surface area (Å²) in [7, 11) is 0. The second-order valence-corrected chi connectivity index (χ2v) is 5.79. The Balaban J connectivity index is 2.01. The van der Waals surface area contributed by atoms with Gasteiger partial charge in [-0.15, -0.1) is 11.3 Å². The number of urea groups is 1. The van der Waals surface area contributed by atoms with Crippen LogP contribution in [-0.2, 0) is 0 Å². The maximum Gasteiger partial charge on any atom is 0.321 e. The summed E-state index contributed by atoms with van der Waals surface area (Å²) in [5.74, 6) is 0. The SMILES string of the molecule is CCC(C)(CO)NC(=O)Nc1nc(-c2cccnc2)cs1. The minimum absolute atomic E-state index is 0.115. The summed E-state index contributed by atoms with van der Waals surface area (Å²) in [4.78, 5) is 20.3. The van der Waals surface area contributed by atoms with Crippen molar-refractivity contribution in [1.82, 2.24) is 15.3 Å². The van der Waals surface area contributed by atoms with Crippen molar-refractivity contribution < 1.29 is 9.90 Å². The van der Waals surface area contributed by atoms with Crippen molar-refractivity contribution >= 4 is 22.5 Å². The Hall–Kier alpha value is -1.99.